The van der Waals surface area contributed by atoms with Gasteiger partial charge in [-0.3, -0.25) is 9.78 Å². The number of amides is 1. The fraction of sp³-hybridized carbons (Fsp3) is 0. The van der Waals surface area contributed by atoms with Crippen LogP contribution in [-0.4, -0.2) is 16.1 Å². The van der Waals surface area contributed by atoms with Crippen molar-refractivity contribution < 1.29 is 9.18 Å². The van der Waals surface area contributed by atoms with Gasteiger partial charge in [-0.05, 0) is 53.7 Å². The van der Waals surface area contributed by atoms with Gasteiger partial charge < -0.3 is 5.32 Å². The quantitative estimate of drug-likeness (QED) is 0.583. The van der Waals surface area contributed by atoms with Crippen LogP contribution in [0, 0.1) is 5.82 Å². The third kappa shape index (κ3) is 3.40. The van der Waals surface area contributed by atoms with Gasteiger partial charge in [-0.2, -0.15) is 0 Å². The van der Waals surface area contributed by atoms with E-state index in [4.69, 9.17) is 0 Å². The van der Waals surface area contributed by atoms with Crippen LogP contribution in [-0.2, 0) is 4.79 Å². The SMILES string of the molecule is O=C1NC(=Nc2ccc(Br)c3cccnc23)S/C1=C\c1ccc(F)cc1. The second kappa shape index (κ2) is 7.01. The summed E-state index contributed by atoms with van der Waals surface area (Å²) in [6.07, 6.45) is 3.42. The minimum Gasteiger partial charge on any atom is -0.300 e. The van der Waals surface area contributed by atoms with Gasteiger partial charge in [0, 0.05) is 16.1 Å². The first-order valence-electron chi connectivity index (χ1n) is 7.68. The lowest BCUT2D eigenvalue weighted by atomic mass is 10.2. The number of aliphatic imine (C=N–C) groups is 1. The predicted molar refractivity (Wildman–Crippen MR) is 107 cm³/mol. The molecule has 0 radical (unpaired) electrons. The van der Waals surface area contributed by atoms with Crippen molar-refractivity contribution in [3.63, 3.8) is 0 Å². The highest BCUT2D eigenvalue weighted by molar-refractivity contribution is 9.10. The molecular weight excluding hydrogens is 417 g/mol. The predicted octanol–water partition coefficient (Wildman–Crippen LogP) is 5.03. The summed E-state index contributed by atoms with van der Waals surface area (Å²) in [7, 11) is 0. The van der Waals surface area contributed by atoms with Gasteiger partial charge in [0.25, 0.3) is 5.91 Å². The van der Waals surface area contributed by atoms with Gasteiger partial charge in [0.2, 0.25) is 0 Å². The average molecular weight is 428 g/mol. The number of hydrogen-bond donors (Lipinski definition) is 1. The van der Waals surface area contributed by atoms with Crippen molar-refractivity contribution in [1.29, 1.82) is 0 Å². The van der Waals surface area contributed by atoms with Gasteiger partial charge in [0.05, 0.1) is 16.1 Å². The molecule has 7 heteroatoms. The highest BCUT2D eigenvalue weighted by atomic mass is 79.9. The number of thioether (sulfide) groups is 1. The van der Waals surface area contributed by atoms with Gasteiger partial charge in [0.1, 0.15) is 5.82 Å². The number of aromatic nitrogens is 1. The number of fused-ring (bicyclic) bond motifs is 1. The molecule has 1 aromatic heterocycles. The van der Waals surface area contributed by atoms with Crippen LogP contribution in [0.2, 0.25) is 0 Å². The third-order valence-corrected chi connectivity index (χ3v) is 5.34. The zero-order valence-corrected chi connectivity index (χ0v) is 15.6. The van der Waals surface area contributed by atoms with E-state index in [1.54, 1.807) is 24.4 Å². The Kier molecular flexibility index (Phi) is 4.57. The summed E-state index contributed by atoms with van der Waals surface area (Å²) >= 11 is 4.75. The first kappa shape index (κ1) is 16.9. The summed E-state index contributed by atoms with van der Waals surface area (Å²) in [5.74, 6) is -0.542. The molecule has 1 amide bonds. The van der Waals surface area contributed by atoms with E-state index in [2.05, 4.69) is 31.2 Å². The maximum atomic E-state index is 13.0. The van der Waals surface area contributed by atoms with Crippen molar-refractivity contribution >= 4 is 61.4 Å². The van der Waals surface area contributed by atoms with E-state index in [1.165, 1.54) is 23.9 Å². The second-order valence-electron chi connectivity index (χ2n) is 5.50. The summed E-state index contributed by atoms with van der Waals surface area (Å²) in [5.41, 5.74) is 2.18. The molecule has 1 aliphatic heterocycles. The van der Waals surface area contributed by atoms with Crippen LogP contribution in [0.4, 0.5) is 10.1 Å². The lowest BCUT2D eigenvalue weighted by Crippen LogP contribution is -2.19. The summed E-state index contributed by atoms with van der Waals surface area (Å²) < 4.78 is 13.9. The number of benzene rings is 2. The Hall–Kier alpha value is -2.51. The van der Waals surface area contributed by atoms with E-state index in [0.29, 0.717) is 15.8 Å². The number of nitrogens with zero attached hydrogens (tertiary/aromatic N) is 2. The van der Waals surface area contributed by atoms with Gasteiger partial charge in [0.15, 0.2) is 5.17 Å². The van der Waals surface area contributed by atoms with Crippen molar-refractivity contribution in [2.75, 3.05) is 0 Å². The minimum atomic E-state index is -0.312. The fourth-order valence-electron chi connectivity index (χ4n) is 2.51. The van der Waals surface area contributed by atoms with Crippen LogP contribution in [0.5, 0.6) is 0 Å². The van der Waals surface area contributed by atoms with Crippen molar-refractivity contribution in [3.8, 4) is 0 Å². The number of pyridine rings is 1. The molecule has 3 aromatic rings. The maximum absolute atomic E-state index is 13.0. The van der Waals surface area contributed by atoms with Gasteiger partial charge in [-0.1, -0.05) is 34.1 Å². The molecule has 2 heterocycles. The Morgan fingerprint density at radius 3 is 2.77 bits per heavy atom. The summed E-state index contributed by atoms with van der Waals surface area (Å²) in [6, 6.07) is 13.5. The van der Waals surface area contributed by atoms with Crippen molar-refractivity contribution in [2.45, 2.75) is 0 Å². The van der Waals surface area contributed by atoms with E-state index in [9.17, 15) is 9.18 Å². The molecule has 0 aliphatic carbocycles. The molecule has 26 heavy (non-hydrogen) atoms. The molecular formula is C19H11BrFN3OS. The monoisotopic (exact) mass is 427 g/mol. The molecule has 0 unspecified atom stereocenters. The van der Waals surface area contributed by atoms with E-state index < -0.39 is 0 Å². The molecule has 0 atom stereocenters. The molecule has 4 rings (SSSR count). The topological polar surface area (TPSA) is 54.4 Å². The number of amidine groups is 1. The molecule has 0 saturated carbocycles. The van der Waals surface area contributed by atoms with E-state index in [-0.39, 0.29) is 11.7 Å². The van der Waals surface area contributed by atoms with Crippen LogP contribution in [0.25, 0.3) is 17.0 Å². The number of nitrogens with one attached hydrogen (secondary N) is 1. The Morgan fingerprint density at radius 2 is 1.96 bits per heavy atom. The largest absolute Gasteiger partial charge is 0.300 e. The molecule has 1 fully saturated rings. The molecule has 128 valence electrons. The zero-order chi connectivity index (χ0) is 18.1. The van der Waals surface area contributed by atoms with Crippen LogP contribution in [0.3, 0.4) is 0 Å². The lowest BCUT2D eigenvalue weighted by molar-refractivity contribution is -0.115. The van der Waals surface area contributed by atoms with Crippen LogP contribution >= 0.6 is 27.7 Å². The third-order valence-electron chi connectivity index (χ3n) is 3.74. The van der Waals surface area contributed by atoms with Gasteiger partial charge >= 0.3 is 0 Å². The maximum Gasteiger partial charge on any atom is 0.264 e. The second-order valence-corrected chi connectivity index (χ2v) is 7.38. The minimum absolute atomic E-state index is 0.229. The summed E-state index contributed by atoms with van der Waals surface area (Å²) in [4.78, 5) is 21.6. The molecule has 1 aliphatic rings. The van der Waals surface area contributed by atoms with E-state index in [0.717, 1.165) is 20.9 Å². The normalized spacial score (nSPS) is 17.2. The Balaban J connectivity index is 1.67. The Labute approximate surface area is 161 Å². The summed E-state index contributed by atoms with van der Waals surface area (Å²) in [5, 5.41) is 4.19. The lowest BCUT2D eigenvalue weighted by Gasteiger charge is -2.03. The molecule has 1 N–H and O–H groups in total. The van der Waals surface area contributed by atoms with Crippen LogP contribution < -0.4 is 5.32 Å². The molecule has 4 nitrogen and oxygen atoms in total. The Bertz CT molecular complexity index is 1080. The highest BCUT2D eigenvalue weighted by Gasteiger charge is 2.24. The smallest absolute Gasteiger partial charge is 0.264 e. The van der Waals surface area contributed by atoms with Gasteiger partial charge in [-0.15, -0.1) is 0 Å². The van der Waals surface area contributed by atoms with Gasteiger partial charge in [-0.25, -0.2) is 9.38 Å². The molecule has 0 bridgehead atoms. The Morgan fingerprint density at radius 1 is 1.15 bits per heavy atom. The number of halogens is 2. The van der Waals surface area contributed by atoms with Crippen LogP contribution in [0.1, 0.15) is 5.56 Å². The van der Waals surface area contributed by atoms with E-state index in [1.807, 2.05) is 24.3 Å². The van der Waals surface area contributed by atoms with Crippen molar-refractivity contribution in [3.05, 3.63) is 75.5 Å². The van der Waals surface area contributed by atoms with Crippen molar-refractivity contribution in [2.24, 2.45) is 4.99 Å². The van der Waals surface area contributed by atoms with E-state index >= 15 is 0 Å². The molecule has 1 saturated heterocycles. The number of hydrogen-bond acceptors (Lipinski definition) is 4. The zero-order valence-electron chi connectivity index (χ0n) is 13.2. The van der Waals surface area contributed by atoms with Crippen LogP contribution in [0.15, 0.2) is 69.1 Å². The molecule has 2 aromatic carbocycles. The first-order valence-corrected chi connectivity index (χ1v) is 9.29. The average Bonchev–Trinajstić information content (AvgIpc) is 2.99. The fourth-order valence-corrected chi connectivity index (χ4v) is 3.80. The molecule has 0 spiro atoms. The first-order chi connectivity index (χ1) is 12.6. The number of rotatable bonds is 2. The van der Waals surface area contributed by atoms with Crippen molar-refractivity contribution in [1.82, 2.24) is 10.3 Å². The standard InChI is InChI=1S/C19H11BrFN3OS/c20-14-7-8-15(17-13(14)2-1-9-22-17)23-19-24-18(25)16(26-19)10-11-3-5-12(21)6-4-11/h1-10H,(H,23,24,25)/b16-10-. The number of carbonyl (C=O) groups is 1. The highest BCUT2D eigenvalue weighted by Crippen LogP contribution is 2.33. The summed E-state index contributed by atoms with van der Waals surface area (Å²) in [6.45, 7) is 0. The number of carbonyl (C=O) groups excluding carboxylic acids is 1.